The molecule has 0 spiro atoms. The van der Waals surface area contributed by atoms with Crippen molar-refractivity contribution in [3.63, 3.8) is 0 Å². The van der Waals surface area contributed by atoms with Gasteiger partial charge in [0.25, 0.3) is 0 Å². The van der Waals surface area contributed by atoms with E-state index in [4.69, 9.17) is 0 Å². The molecule has 0 saturated carbocycles. The van der Waals surface area contributed by atoms with Crippen LogP contribution in [0.5, 0.6) is 0 Å². The number of hydrogen-bond acceptors (Lipinski definition) is 0. The smallest absolute Gasteiger partial charge is 0.0467 e. The minimum absolute atomic E-state index is 0. The molecule has 0 aliphatic heterocycles. The zero-order valence-electron chi connectivity index (χ0n) is 5.00. The first-order chi connectivity index (χ1) is 0. The fourth-order valence-corrected chi connectivity index (χ4v) is 0. The molecule has 0 fully saturated rings. The van der Waals surface area contributed by atoms with Crippen molar-refractivity contribution >= 4 is 0 Å². The van der Waals surface area contributed by atoms with Crippen LogP contribution < -0.4 is 0 Å². The molecule has 6 heavy (non-hydrogen) atoms. The standard InChI is InChI=1S/CH4.5CH3/h1H4;5*1H3/q;5*+1. The highest BCUT2D eigenvalue weighted by atomic mass is 12.0. The topological polar surface area (TPSA) is 0 Å². The predicted octanol–water partition coefficient (Wildman–Crippen LogP) is 2.89. The summed E-state index contributed by atoms with van der Waals surface area (Å²) in [7, 11) is 0. The van der Waals surface area contributed by atoms with Crippen LogP contribution in [-0.4, -0.2) is 0 Å². The summed E-state index contributed by atoms with van der Waals surface area (Å²) in [6.07, 6.45) is 0. The van der Waals surface area contributed by atoms with Gasteiger partial charge in [0.2, 0.25) is 0 Å². The van der Waals surface area contributed by atoms with E-state index in [-0.39, 0.29) is 44.6 Å². The molecule has 0 aromatic rings. The van der Waals surface area contributed by atoms with Gasteiger partial charge >= 0.3 is 0 Å². The molecule has 0 heteroatoms. The Morgan fingerprint density at radius 2 is 0.333 bits per heavy atom. The summed E-state index contributed by atoms with van der Waals surface area (Å²) in [5, 5.41) is 0. The third-order valence-corrected chi connectivity index (χ3v) is 0. The maximum atomic E-state index is 0. The molecule has 0 unspecified atom stereocenters. The van der Waals surface area contributed by atoms with Crippen LogP contribution in [0.15, 0.2) is 0 Å². The van der Waals surface area contributed by atoms with Crippen LogP contribution in [0.4, 0.5) is 0 Å². The Kier molecular flexibility index (Phi) is 4610. The fraction of sp³-hybridized carbons (Fsp3) is 0.167. The Bertz CT molecular complexity index is 0. The Labute approximate surface area is 45.6 Å². The van der Waals surface area contributed by atoms with Crippen LogP contribution in [0.2, 0.25) is 0 Å². The zero-order chi connectivity index (χ0) is 0. The monoisotopic (exact) mass is 91.1 g/mol. The highest BCUT2D eigenvalue weighted by molar-refractivity contribution is 3.25. The van der Waals surface area contributed by atoms with Crippen molar-refractivity contribution in [2.24, 2.45) is 0 Å². The van der Waals surface area contributed by atoms with Gasteiger partial charge in [-0.3, -0.25) is 0 Å². The van der Waals surface area contributed by atoms with Gasteiger partial charge < -0.3 is 0 Å². The van der Waals surface area contributed by atoms with Crippen LogP contribution in [-0.2, 0) is 0 Å². The molecule has 0 N–H and O–H groups in total. The summed E-state index contributed by atoms with van der Waals surface area (Å²) >= 11 is 0. The maximum Gasteiger partial charge on any atom is 0.0467 e. The van der Waals surface area contributed by atoms with Gasteiger partial charge in [0.05, 0.1) is 0 Å². The van der Waals surface area contributed by atoms with Gasteiger partial charge in [-0.1, -0.05) is 7.43 Å². The molecule has 0 nitrogen and oxygen atoms in total. The van der Waals surface area contributed by atoms with Gasteiger partial charge in [-0.2, -0.15) is 0 Å². The van der Waals surface area contributed by atoms with Gasteiger partial charge in [-0.05, 0) is 0 Å². The van der Waals surface area contributed by atoms with E-state index in [1.807, 2.05) is 0 Å². The Hall–Kier alpha value is -0.650. The normalized spacial score (nSPS) is 0. The molecule has 0 aliphatic rings. The van der Waals surface area contributed by atoms with Crippen molar-refractivity contribution in [2.75, 3.05) is 0 Å². The average molecular weight is 91.2 g/mol. The fourth-order valence-electron chi connectivity index (χ4n) is 0. The van der Waals surface area contributed by atoms with Crippen molar-refractivity contribution < 1.29 is 0 Å². The highest BCUT2D eigenvalue weighted by Crippen LogP contribution is 0.144. The Morgan fingerprint density at radius 3 is 0.333 bits per heavy atom. The number of hydrogen-bond donors (Lipinski definition) is 0. The van der Waals surface area contributed by atoms with Crippen molar-refractivity contribution in [1.82, 2.24) is 0 Å². The summed E-state index contributed by atoms with van der Waals surface area (Å²) in [4.78, 5) is 0. The summed E-state index contributed by atoms with van der Waals surface area (Å²) in [6.45, 7) is 0. The van der Waals surface area contributed by atoms with Crippen LogP contribution in [0.25, 0.3) is 0 Å². The Morgan fingerprint density at radius 1 is 0.333 bits per heavy atom. The predicted molar refractivity (Wildman–Crippen MR) is 38.8 cm³/mol. The molecule has 0 aromatic carbocycles. The van der Waals surface area contributed by atoms with E-state index in [0.717, 1.165) is 0 Å². The molecule has 0 aliphatic carbocycles. The third-order valence-electron chi connectivity index (χ3n) is 0. The molecular formula is C6H19+5. The van der Waals surface area contributed by atoms with Crippen molar-refractivity contribution in [3.05, 3.63) is 37.1 Å². The van der Waals surface area contributed by atoms with E-state index in [1.165, 1.54) is 0 Å². The molecule has 0 atom stereocenters. The summed E-state index contributed by atoms with van der Waals surface area (Å²) in [5.74, 6) is 0. The molecule has 0 heterocycles. The lowest BCUT2D eigenvalue weighted by atomic mass is 12.0. The van der Waals surface area contributed by atoms with Gasteiger partial charge in [0.1, 0.15) is 0 Å². The summed E-state index contributed by atoms with van der Waals surface area (Å²) < 4.78 is 0. The molecule has 0 amide bonds. The largest absolute Gasteiger partial charge is 0.0776 e. The molecule has 0 bridgehead atoms. The average Bonchev–Trinajstić information content (AvgIpc) is 0. The summed E-state index contributed by atoms with van der Waals surface area (Å²) in [5.41, 5.74) is 0. The Balaban J connectivity index is 0. The van der Waals surface area contributed by atoms with Gasteiger partial charge in [0.15, 0.2) is 0 Å². The van der Waals surface area contributed by atoms with Crippen LogP contribution in [0, 0.1) is 37.1 Å². The summed E-state index contributed by atoms with van der Waals surface area (Å²) in [6, 6.07) is 0. The van der Waals surface area contributed by atoms with Crippen LogP contribution in [0.1, 0.15) is 7.43 Å². The first kappa shape index (κ1) is 240. The molecule has 0 radical (unpaired) electrons. The van der Waals surface area contributed by atoms with Crippen molar-refractivity contribution in [2.45, 2.75) is 7.43 Å². The number of rotatable bonds is 0. The van der Waals surface area contributed by atoms with Crippen LogP contribution in [0.3, 0.4) is 0 Å². The van der Waals surface area contributed by atoms with Crippen molar-refractivity contribution in [1.29, 1.82) is 0 Å². The van der Waals surface area contributed by atoms with Gasteiger partial charge in [-0.25, -0.2) is 0 Å². The maximum absolute atomic E-state index is 0. The minimum atomic E-state index is 0. The second-order valence-electron chi connectivity index (χ2n) is 0. The first-order valence-electron chi connectivity index (χ1n) is 0. The lowest BCUT2D eigenvalue weighted by Gasteiger charge is -0.0776. The van der Waals surface area contributed by atoms with E-state index in [1.54, 1.807) is 0 Å². The van der Waals surface area contributed by atoms with E-state index >= 15 is 0 Å². The second-order valence-corrected chi connectivity index (χ2v) is 0. The van der Waals surface area contributed by atoms with Gasteiger partial charge in [0, 0.05) is 37.1 Å². The lowest BCUT2D eigenvalue weighted by Crippen LogP contribution is 0.0803. The first-order valence-corrected chi connectivity index (χ1v) is 0. The highest BCUT2D eigenvalue weighted by Gasteiger charge is 0.0507. The van der Waals surface area contributed by atoms with E-state index in [0.29, 0.717) is 0 Å². The van der Waals surface area contributed by atoms with E-state index in [9.17, 15) is 0 Å². The molecule has 38 valence electrons. The van der Waals surface area contributed by atoms with E-state index < -0.39 is 0 Å². The molecule has 0 rings (SSSR count). The second kappa shape index (κ2) is 116. The van der Waals surface area contributed by atoms with Gasteiger partial charge in [-0.15, -0.1) is 0 Å². The quantitative estimate of drug-likeness (QED) is 0.402. The van der Waals surface area contributed by atoms with Crippen molar-refractivity contribution in [3.8, 4) is 0 Å². The SMILES string of the molecule is C.[CH3+].[CH3+].[CH3+].[CH3+].[CH3+]. The van der Waals surface area contributed by atoms with Crippen LogP contribution >= 0.6 is 0 Å². The molecule has 0 saturated heterocycles. The molecular weight excluding hydrogens is 72.1 g/mol. The van der Waals surface area contributed by atoms with E-state index in [2.05, 4.69) is 0 Å². The lowest BCUT2D eigenvalue weighted by molar-refractivity contribution is 2.50. The third kappa shape index (κ3) is 43.8. The minimum Gasteiger partial charge on any atom is -0.0776 e. The zero-order valence-corrected chi connectivity index (χ0v) is 5.00. The molecule has 0 aromatic heterocycles.